The molecule has 0 saturated carbocycles. The van der Waals surface area contributed by atoms with E-state index in [0.29, 0.717) is 17.3 Å². The topological polar surface area (TPSA) is 84.3 Å². The molecular formula is C13H16N6O. The third-order valence-corrected chi connectivity index (χ3v) is 4.06. The molecule has 0 aromatic carbocycles. The van der Waals surface area contributed by atoms with Crippen molar-refractivity contribution < 1.29 is 4.52 Å². The summed E-state index contributed by atoms with van der Waals surface area (Å²) in [5.74, 6) is 1.13. The van der Waals surface area contributed by atoms with Crippen LogP contribution >= 0.6 is 0 Å². The van der Waals surface area contributed by atoms with E-state index in [1.165, 1.54) is 0 Å². The molecule has 3 fully saturated rings. The smallest absolute Gasteiger partial charge is 0.278 e. The van der Waals surface area contributed by atoms with Gasteiger partial charge in [-0.05, 0) is 12.1 Å². The number of nitrogen functional groups attached to an aromatic ring is 1. The summed E-state index contributed by atoms with van der Waals surface area (Å²) >= 11 is 0. The van der Waals surface area contributed by atoms with E-state index in [4.69, 9.17) is 10.3 Å². The third-order valence-electron chi connectivity index (χ3n) is 4.06. The summed E-state index contributed by atoms with van der Waals surface area (Å²) in [4.78, 5) is 13.6. The minimum Gasteiger partial charge on any atom is -0.397 e. The summed E-state index contributed by atoms with van der Waals surface area (Å²) in [5, 5.41) is 4.13. The Balaban J connectivity index is 1.64. The second kappa shape index (κ2) is 4.53. The summed E-state index contributed by atoms with van der Waals surface area (Å²) < 4.78 is 5.34. The number of piperazine rings is 3. The van der Waals surface area contributed by atoms with Crippen molar-refractivity contribution in [1.29, 1.82) is 0 Å². The van der Waals surface area contributed by atoms with Crippen molar-refractivity contribution in [3.63, 3.8) is 0 Å². The fourth-order valence-electron chi connectivity index (χ4n) is 2.93. The van der Waals surface area contributed by atoms with Gasteiger partial charge in [-0.15, -0.1) is 0 Å². The molecule has 0 aliphatic carbocycles. The second-order valence-corrected chi connectivity index (χ2v) is 5.25. The maximum absolute atomic E-state index is 5.89. The van der Waals surface area contributed by atoms with Crippen LogP contribution in [0.25, 0.3) is 11.6 Å². The Hall–Kier alpha value is -1.99. The summed E-state index contributed by atoms with van der Waals surface area (Å²) in [6.45, 7) is 5.38. The van der Waals surface area contributed by atoms with Crippen LogP contribution in [0.3, 0.4) is 0 Å². The lowest BCUT2D eigenvalue weighted by atomic mass is 10.1. The van der Waals surface area contributed by atoms with Crippen LogP contribution < -0.4 is 5.73 Å². The van der Waals surface area contributed by atoms with Crippen LogP contribution in [-0.2, 0) is 0 Å². The molecule has 3 aliphatic heterocycles. The number of nitrogens with zero attached hydrogens (tertiary/aromatic N) is 5. The zero-order valence-electron chi connectivity index (χ0n) is 11.1. The van der Waals surface area contributed by atoms with Crippen LogP contribution in [0.15, 0.2) is 22.9 Å². The Kier molecular flexibility index (Phi) is 2.68. The largest absolute Gasteiger partial charge is 0.397 e. The average Bonchev–Trinajstić information content (AvgIpc) is 2.98. The number of hydrogen-bond acceptors (Lipinski definition) is 7. The van der Waals surface area contributed by atoms with Gasteiger partial charge in [0.1, 0.15) is 0 Å². The van der Waals surface area contributed by atoms with Gasteiger partial charge >= 0.3 is 0 Å². The molecule has 2 N–H and O–H groups in total. The Morgan fingerprint density at radius 3 is 2.80 bits per heavy atom. The van der Waals surface area contributed by atoms with Crippen molar-refractivity contribution in [3.05, 3.63) is 24.2 Å². The van der Waals surface area contributed by atoms with Gasteiger partial charge in [0.05, 0.1) is 11.7 Å². The maximum Gasteiger partial charge on any atom is 0.278 e. The molecule has 5 heterocycles. The van der Waals surface area contributed by atoms with E-state index in [0.717, 1.165) is 38.5 Å². The summed E-state index contributed by atoms with van der Waals surface area (Å²) in [6, 6.07) is 3.79. The molecule has 3 aliphatic rings. The lowest BCUT2D eigenvalue weighted by molar-refractivity contribution is 0.00781. The quantitative estimate of drug-likeness (QED) is 0.846. The molecule has 0 spiro atoms. The van der Waals surface area contributed by atoms with E-state index >= 15 is 0 Å². The molecule has 2 aromatic heterocycles. The number of anilines is 1. The number of pyridine rings is 1. The third kappa shape index (κ3) is 1.86. The van der Waals surface area contributed by atoms with Gasteiger partial charge in [0.15, 0.2) is 11.5 Å². The van der Waals surface area contributed by atoms with Gasteiger partial charge in [0.25, 0.3) is 5.89 Å². The van der Waals surface area contributed by atoms with E-state index in [1.54, 1.807) is 18.3 Å². The summed E-state index contributed by atoms with van der Waals surface area (Å²) in [6.07, 6.45) is 1.67. The summed E-state index contributed by atoms with van der Waals surface area (Å²) in [5.41, 5.74) is 7.00. The molecule has 7 heteroatoms. The fraction of sp³-hybridized carbons (Fsp3) is 0.462. The van der Waals surface area contributed by atoms with Crippen molar-refractivity contribution in [3.8, 4) is 11.6 Å². The van der Waals surface area contributed by atoms with Crippen molar-refractivity contribution >= 4 is 5.69 Å². The lowest BCUT2D eigenvalue weighted by Crippen LogP contribution is -2.57. The van der Waals surface area contributed by atoms with Crippen LogP contribution in [-0.4, -0.2) is 57.6 Å². The van der Waals surface area contributed by atoms with Crippen molar-refractivity contribution in [2.45, 2.75) is 6.04 Å². The van der Waals surface area contributed by atoms with Crippen LogP contribution in [0.2, 0.25) is 0 Å². The van der Waals surface area contributed by atoms with E-state index in [1.807, 2.05) is 0 Å². The molecule has 2 bridgehead atoms. The number of nitrogens with two attached hydrogens (primary N) is 1. The number of rotatable bonds is 2. The van der Waals surface area contributed by atoms with E-state index in [9.17, 15) is 0 Å². The van der Waals surface area contributed by atoms with E-state index < -0.39 is 0 Å². The van der Waals surface area contributed by atoms with Gasteiger partial charge in [-0.3, -0.25) is 9.80 Å². The van der Waals surface area contributed by atoms with Gasteiger partial charge < -0.3 is 10.3 Å². The molecule has 0 amide bonds. The molecule has 20 heavy (non-hydrogen) atoms. The zero-order valence-corrected chi connectivity index (χ0v) is 11.1. The zero-order chi connectivity index (χ0) is 13.5. The van der Waals surface area contributed by atoms with Crippen molar-refractivity contribution in [1.82, 2.24) is 24.9 Å². The van der Waals surface area contributed by atoms with E-state index in [2.05, 4.69) is 24.9 Å². The Labute approximate surface area is 116 Å². The highest BCUT2D eigenvalue weighted by atomic mass is 16.5. The van der Waals surface area contributed by atoms with E-state index in [-0.39, 0.29) is 6.04 Å². The lowest BCUT2D eigenvalue weighted by Gasteiger charge is -2.46. The van der Waals surface area contributed by atoms with Crippen molar-refractivity contribution in [2.24, 2.45) is 0 Å². The van der Waals surface area contributed by atoms with Crippen LogP contribution in [0.1, 0.15) is 11.9 Å². The van der Waals surface area contributed by atoms with Gasteiger partial charge in [-0.1, -0.05) is 5.16 Å². The molecule has 3 saturated heterocycles. The number of hydrogen-bond donors (Lipinski definition) is 1. The van der Waals surface area contributed by atoms with Crippen LogP contribution in [0, 0.1) is 0 Å². The standard InChI is InChI=1S/C13H16N6O/c14-9-2-1-3-15-11(9)13-16-12(17-20-13)10-8-18-4-6-19(10)7-5-18/h1-3,10H,4-8,14H2. The minimum atomic E-state index is 0.222. The van der Waals surface area contributed by atoms with Gasteiger partial charge in [0, 0.05) is 38.9 Å². The molecule has 5 rings (SSSR count). The Bertz CT molecular complexity index is 619. The first-order valence-electron chi connectivity index (χ1n) is 6.82. The van der Waals surface area contributed by atoms with Crippen molar-refractivity contribution in [2.75, 3.05) is 38.5 Å². The molecule has 7 nitrogen and oxygen atoms in total. The van der Waals surface area contributed by atoms with Crippen LogP contribution in [0.5, 0.6) is 0 Å². The predicted molar refractivity (Wildman–Crippen MR) is 72.7 cm³/mol. The first-order valence-corrected chi connectivity index (χ1v) is 6.82. The Morgan fingerprint density at radius 1 is 1.25 bits per heavy atom. The second-order valence-electron chi connectivity index (χ2n) is 5.25. The highest BCUT2D eigenvalue weighted by molar-refractivity contribution is 5.65. The summed E-state index contributed by atoms with van der Waals surface area (Å²) in [7, 11) is 0. The predicted octanol–water partition coefficient (Wildman–Crippen LogP) is 0.386. The molecular weight excluding hydrogens is 256 g/mol. The first kappa shape index (κ1) is 11.8. The SMILES string of the molecule is Nc1cccnc1-c1nc(C2CN3CCN2CC3)no1. The maximum atomic E-state index is 5.89. The molecule has 1 unspecified atom stereocenters. The number of fused-ring (bicyclic) bond motifs is 3. The molecule has 0 radical (unpaired) electrons. The highest BCUT2D eigenvalue weighted by Crippen LogP contribution is 2.29. The normalized spacial score (nSPS) is 28.7. The fourth-order valence-corrected chi connectivity index (χ4v) is 2.93. The molecule has 1 atom stereocenters. The highest BCUT2D eigenvalue weighted by Gasteiger charge is 2.35. The molecule has 2 aromatic rings. The number of aromatic nitrogens is 3. The van der Waals surface area contributed by atoms with Crippen LogP contribution in [0.4, 0.5) is 5.69 Å². The first-order chi connectivity index (χ1) is 9.81. The van der Waals surface area contributed by atoms with Gasteiger partial charge in [-0.25, -0.2) is 4.98 Å². The molecule has 104 valence electrons. The van der Waals surface area contributed by atoms with Gasteiger partial charge in [-0.2, -0.15) is 4.98 Å². The minimum absolute atomic E-state index is 0.222. The monoisotopic (exact) mass is 272 g/mol. The average molecular weight is 272 g/mol. The Morgan fingerprint density at radius 2 is 2.10 bits per heavy atom. The van der Waals surface area contributed by atoms with Gasteiger partial charge in [0.2, 0.25) is 0 Å².